The molecule has 1 aromatic heterocycles. The SMILES string of the molecule is CC1(C)Cc2nc(Nc3ccccc3)ncc2C(C)(C)C1. The van der Waals surface area contributed by atoms with Crippen LogP contribution in [0.3, 0.4) is 0 Å². The normalized spacial score (nSPS) is 18.9. The maximum absolute atomic E-state index is 4.78. The minimum atomic E-state index is 0.141. The van der Waals surface area contributed by atoms with Gasteiger partial charge in [0.1, 0.15) is 0 Å². The third kappa shape index (κ3) is 2.92. The maximum Gasteiger partial charge on any atom is 0.227 e. The Hall–Kier alpha value is -1.90. The van der Waals surface area contributed by atoms with Crippen LogP contribution in [0.15, 0.2) is 36.5 Å². The van der Waals surface area contributed by atoms with E-state index in [-0.39, 0.29) is 10.8 Å². The lowest BCUT2D eigenvalue weighted by atomic mass is 9.64. The number of rotatable bonds is 2. The average Bonchev–Trinajstić information content (AvgIpc) is 2.37. The van der Waals surface area contributed by atoms with E-state index in [4.69, 9.17) is 4.98 Å². The van der Waals surface area contributed by atoms with Crippen molar-refractivity contribution in [2.45, 2.75) is 46.0 Å². The van der Waals surface area contributed by atoms with E-state index >= 15 is 0 Å². The summed E-state index contributed by atoms with van der Waals surface area (Å²) < 4.78 is 0. The third-order valence-electron chi connectivity index (χ3n) is 4.19. The van der Waals surface area contributed by atoms with Gasteiger partial charge in [-0.1, -0.05) is 45.9 Å². The number of aromatic nitrogens is 2. The highest BCUT2D eigenvalue weighted by molar-refractivity contribution is 5.53. The number of hydrogen-bond acceptors (Lipinski definition) is 3. The largest absolute Gasteiger partial charge is 0.324 e. The quantitative estimate of drug-likeness (QED) is 0.882. The molecule has 0 aliphatic heterocycles. The van der Waals surface area contributed by atoms with Gasteiger partial charge in [-0.25, -0.2) is 9.97 Å². The van der Waals surface area contributed by atoms with Crippen LogP contribution in [0.5, 0.6) is 0 Å². The number of nitrogens with one attached hydrogen (secondary N) is 1. The summed E-state index contributed by atoms with van der Waals surface area (Å²) in [5.74, 6) is 0.688. The molecule has 0 saturated carbocycles. The van der Waals surface area contributed by atoms with Gasteiger partial charge in [0, 0.05) is 11.9 Å². The van der Waals surface area contributed by atoms with Crippen molar-refractivity contribution in [2.75, 3.05) is 5.32 Å². The molecule has 110 valence electrons. The van der Waals surface area contributed by atoms with Crippen molar-refractivity contribution in [1.82, 2.24) is 9.97 Å². The standard InChI is InChI=1S/C18H23N3/c1-17(2)10-15-14(18(3,4)12-17)11-19-16(21-15)20-13-8-6-5-7-9-13/h5-9,11H,10,12H2,1-4H3,(H,19,20,21). The molecule has 0 radical (unpaired) electrons. The number of para-hydroxylation sites is 1. The summed E-state index contributed by atoms with van der Waals surface area (Å²) in [5.41, 5.74) is 3.92. The topological polar surface area (TPSA) is 37.8 Å². The van der Waals surface area contributed by atoms with Crippen LogP contribution in [0.4, 0.5) is 11.6 Å². The fourth-order valence-corrected chi connectivity index (χ4v) is 3.64. The van der Waals surface area contributed by atoms with E-state index in [1.165, 1.54) is 17.7 Å². The summed E-state index contributed by atoms with van der Waals surface area (Å²) in [5, 5.41) is 3.29. The Kier molecular flexibility index (Phi) is 3.23. The minimum absolute atomic E-state index is 0.141. The molecule has 0 amide bonds. The van der Waals surface area contributed by atoms with E-state index in [0.29, 0.717) is 5.95 Å². The molecule has 3 heteroatoms. The number of benzene rings is 1. The Bertz CT molecular complexity index is 645. The highest BCUT2D eigenvalue weighted by Gasteiger charge is 2.38. The van der Waals surface area contributed by atoms with Gasteiger partial charge in [0.15, 0.2) is 0 Å². The smallest absolute Gasteiger partial charge is 0.227 e. The van der Waals surface area contributed by atoms with Crippen LogP contribution in [-0.4, -0.2) is 9.97 Å². The average molecular weight is 281 g/mol. The first kappa shape index (κ1) is 14.1. The van der Waals surface area contributed by atoms with Crippen molar-refractivity contribution < 1.29 is 0 Å². The van der Waals surface area contributed by atoms with E-state index in [1.807, 2.05) is 36.5 Å². The van der Waals surface area contributed by atoms with Crippen molar-refractivity contribution in [3.8, 4) is 0 Å². The van der Waals surface area contributed by atoms with Crippen LogP contribution in [0.1, 0.15) is 45.4 Å². The van der Waals surface area contributed by atoms with Crippen molar-refractivity contribution in [3.05, 3.63) is 47.8 Å². The van der Waals surface area contributed by atoms with Gasteiger partial charge in [-0.05, 0) is 41.4 Å². The predicted molar refractivity (Wildman–Crippen MR) is 86.9 cm³/mol. The summed E-state index contributed by atoms with van der Waals surface area (Å²) in [6.07, 6.45) is 4.18. The van der Waals surface area contributed by atoms with Crippen LogP contribution in [0.2, 0.25) is 0 Å². The minimum Gasteiger partial charge on any atom is -0.324 e. The molecule has 0 bridgehead atoms. The number of fused-ring (bicyclic) bond motifs is 1. The first-order valence-corrected chi connectivity index (χ1v) is 7.54. The van der Waals surface area contributed by atoms with Crippen LogP contribution in [0.25, 0.3) is 0 Å². The molecule has 0 spiro atoms. The number of anilines is 2. The van der Waals surface area contributed by atoms with Gasteiger partial charge < -0.3 is 5.32 Å². The lowest BCUT2D eigenvalue weighted by Gasteiger charge is -2.41. The molecule has 1 aromatic carbocycles. The van der Waals surface area contributed by atoms with Gasteiger partial charge in [0.05, 0.1) is 5.69 Å². The summed E-state index contributed by atoms with van der Waals surface area (Å²) in [4.78, 5) is 9.29. The first-order valence-electron chi connectivity index (χ1n) is 7.54. The van der Waals surface area contributed by atoms with Gasteiger partial charge in [-0.15, -0.1) is 0 Å². The molecule has 0 fully saturated rings. The predicted octanol–water partition coefficient (Wildman–Crippen LogP) is 4.47. The van der Waals surface area contributed by atoms with E-state index in [9.17, 15) is 0 Å². The van der Waals surface area contributed by atoms with E-state index in [2.05, 4.69) is 38.0 Å². The molecular weight excluding hydrogens is 258 g/mol. The molecule has 0 atom stereocenters. The molecule has 1 N–H and O–H groups in total. The van der Waals surface area contributed by atoms with Crippen molar-refractivity contribution in [3.63, 3.8) is 0 Å². The molecule has 1 aliphatic carbocycles. The molecule has 1 aliphatic rings. The zero-order valence-corrected chi connectivity index (χ0v) is 13.3. The highest BCUT2D eigenvalue weighted by Crippen LogP contribution is 2.44. The van der Waals surface area contributed by atoms with E-state index in [1.54, 1.807) is 0 Å². The lowest BCUT2D eigenvalue weighted by molar-refractivity contribution is 0.227. The van der Waals surface area contributed by atoms with Gasteiger partial charge >= 0.3 is 0 Å². The summed E-state index contributed by atoms with van der Waals surface area (Å²) >= 11 is 0. The maximum atomic E-state index is 4.78. The molecule has 0 saturated heterocycles. The van der Waals surface area contributed by atoms with E-state index in [0.717, 1.165) is 12.1 Å². The van der Waals surface area contributed by atoms with Gasteiger partial charge in [-0.2, -0.15) is 0 Å². The molecule has 3 rings (SSSR count). The summed E-state index contributed by atoms with van der Waals surface area (Å²) in [6.45, 7) is 9.23. The first-order chi connectivity index (χ1) is 9.86. The Morgan fingerprint density at radius 1 is 1.05 bits per heavy atom. The second-order valence-corrected chi connectivity index (χ2v) is 7.45. The molecule has 0 unspecified atom stereocenters. The second-order valence-electron chi connectivity index (χ2n) is 7.45. The Morgan fingerprint density at radius 3 is 2.48 bits per heavy atom. The monoisotopic (exact) mass is 281 g/mol. The van der Waals surface area contributed by atoms with E-state index < -0.39 is 0 Å². The molecular formula is C18H23N3. The van der Waals surface area contributed by atoms with Crippen LogP contribution >= 0.6 is 0 Å². The Labute approximate surface area is 126 Å². The Balaban J connectivity index is 1.94. The van der Waals surface area contributed by atoms with Gasteiger partial charge in [0.2, 0.25) is 5.95 Å². The zero-order valence-electron chi connectivity index (χ0n) is 13.3. The fraction of sp³-hybridized carbons (Fsp3) is 0.444. The van der Waals surface area contributed by atoms with Crippen LogP contribution in [-0.2, 0) is 11.8 Å². The molecule has 2 aromatic rings. The summed E-state index contributed by atoms with van der Waals surface area (Å²) in [6, 6.07) is 10.1. The third-order valence-corrected chi connectivity index (χ3v) is 4.19. The molecule has 1 heterocycles. The second kappa shape index (κ2) is 4.83. The zero-order chi connectivity index (χ0) is 15.1. The summed E-state index contributed by atoms with van der Waals surface area (Å²) in [7, 11) is 0. The molecule has 21 heavy (non-hydrogen) atoms. The van der Waals surface area contributed by atoms with Crippen molar-refractivity contribution >= 4 is 11.6 Å². The number of nitrogens with zero attached hydrogens (tertiary/aromatic N) is 2. The highest BCUT2D eigenvalue weighted by atomic mass is 15.1. The van der Waals surface area contributed by atoms with Crippen molar-refractivity contribution in [1.29, 1.82) is 0 Å². The van der Waals surface area contributed by atoms with Crippen LogP contribution in [0, 0.1) is 5.41 Å². The molecule has 3 nitrogen and oxygen atoms in total. The Morgan fingerprint density at radius 2 is 1.76 bits per heavy atom. The van der Waals surface area contributed by atoms with Gasteiger partial charge in [-0.3, -0.25) is 0 Å². The fourth-order valence-electron chi connectivity index (χ4n) is 3.64. The number of hydrogen-bond donors (Lipinski definition) is 1. The van der Waals surface area contributed by atoms with Crippen LogP contribution < -0.4 is 5.32 Å². The lowest BCUT2D eigenvalue weighted by Crippen LogP contribution is -2.35. The van der Waals surface area contributed by atoms with Gasteiger partial charge in [0.25, 0.3) is 0 Å². The van der Waals surface area contributed by atoms with Crippen molar-refractivity contribution in [2.24, 2.45) is 5.41 Å².